The topological polar surface area (TPSA) is 129 Å². The molecule has 2 heterocycles. The predicted octanol–water partition coefficient (Wildman–Crippen LogP) is 2.88. The molecule has 0 spiro atoms. The molecule has 2 aromatic carbocycles. The number of rotatable bonds is 10. The summed E-state index contributed by atoms with van der Waals surface area (Å²) in [5.74, 6) is 5.23. The van der Waals surface area contributed by atoms with Crippen LogP contribution in [0.25, 0.3) is 0 Å². The third-order valence-corrected chi connectivity index (χ3v) is 8.56. The normalized spacial score (nSPS) is 12.1. The first-order valence-corrected chi connectivity index (χ1v) is 15.2. The number of pyridine rings is 1. The number of anilines is 1. The minimum Gasteiger partial charge on any atom is -0.395 e. The van der Waals surface area contributed by atoms with Crippen LogP contribution in [0.2, 0.25) is 0 Å². The molecule has 3 N–H and O–H groups in total. The molecule has 43 heavy (non-hydrogen) atoms. The second kappa shape index (κ2) is 14.4. The summed E-state index contributed by atoms with van der Waals surface area (Å²) < 4.78 is 18.2. The molecule has 0 aliphatic rings. The number of carbonyl (C=O) groups is 2. The van der Waals surface area contributed by atoms with E-state index in [4.69, 9.17) is 5.11 Å². The van der Waals surface area contributed by atoms with Gasteiger partial charge in [0.25, 0.3) is 11.8 Å². The third-order valence-electron chi connectivity index (χ3n) is 6.39. The van der Waals surface area contributed by atoms with Crippen LogP contribution in [0.3, 0.4) is 0 Å². The van der Waals surface area contributed by atoms with Crippen molar-refractivity contribution in [3.05, 3.63) is 107 Å². The lowest BCUT2D eigenvalue weighted by Gasteiger charge is -2.16. The smallest absolute Gasteiger partial charge is 0.273 e. The van der Waals surface area contributed by atoms with E-state index in [1.165, 1.54) is 17.1 Å². The fourth-order valence-corrected chi connectivity index (χ4v) is 5.99. The average Bonchev–Trinajstić information content (AvgIpc) is 3.34. The molecular formula is C32H34N6O4S. The molecule has 0 bridgehead atoms. The maximum atomic E-state index is 14.0. The molecular weight excluding hydrogens is 564 g/mol. The van der Waals surface area contributed by atoms with Crippen LogP contribution in [-0.2, 0) is 16.8 Å². The molecule has 0 fully saturated rings. The Labute approximate surface area is 251 Å². The van der Waals surface area contributed by atoms with E-state index in [0.717, 1.165) is 5.69 Å². The van der Waals surface area contributed by atoms with Crippen LogP contribution in [0.4, 0.5) is 5.69 Å². The number of benzene rings is 2. The number of aryl methyl sites for hydroxylation is 2. The Balaban J connectivity index is 1.50. The number of nitrogens with one attached hydrogen (secondary N) is 2. The fourth-order valence-electron chi connectivity index (χ4n) is 4.21. The van der Waals surface area contributed by atoms with Crippen LogP contribution in [-0.4, -0.2) is 72.9 Å². The van der Waals surface area contributed by atoms with Gasteiger partial charge < -0.3 is 15.3 Å². The summed E-state index contributed by atoms with van der Waals surface area (Å²) in [5, 5.41) is 17.8. The van der Waals surface area contributed by atoms with E-state index in [-0.39, 0.29) is 18.1 Å². The van der Waals surface area contributed by atoms with Crippen molar-refractivity contribution in [2.75, 3.05) is 32.1 Å². The summed E-state index contributed by atoms with van der Waals surface area (Å²) in [4.78, 5) is 32.5. The van der Waals surface area contributed by atoms with Gasteiger partial charge in [-0.3, -0.25) is 24.0 Å². The van der Waals surface area contributed by atoms with Gasteiger partial charge in [0.15, 0.2) is 0 Å². The van der Waals surface area contributed by atoms with Crippen molar-refractivity contribution in [2.24, 2.45) is 7.05 Å². The first-order valence-electron chi connectivity index (χ1n) is 13.6. The number of aliphatic hydroxyl groups excluding tert-OH is 1. The molecule has 222 valence electrons. The highest BCUT2D eigenvalue weighted by Gasteiger charge is 2.17. The average molecular weight is 599 g/mol. The van der Waals surface area contributed by atoms with E-state index < -0.39 is 15.6 Å². The van der Waals surface area contributed by atoms with Gasteiger partial charge in [0.05, 0.1) is 27.6 Å². The lowest BCUT2D eigenvalue weighted by atomic mass is 10.1. The number of hydrogen-bond donors (Lipinski definition) is 3. The molecule has 10 nitrogen and oxygen atoms in total. The Kier molecular flexibility index (Phi) is 10.5. The zero-order valence-corrected chi connectivity index (χ0v) is 25.1. The minimum absolute atomic E-state index is 0.0291. The van der Waals surface area contributed by atoms with E-state index in [9.17, 15) is 13.8 Å². The monoisotopic (exact) mass is 598 g/mol. The molecule has 0 radical (unpaired) electrons. The zero-order valence-electron chi connectivity index (χ0n) is 24.3. The van der Waals surface area contributed by atoms with Gasteiger partial charge in [-0.1, -0.05) is 36.1 Å². The maximum Gasteiger partial charge on any atom is 0.273 e. The van der Waals surface area contributed by atoms with Crippen molar-refractivity contribution in [2.45, 2.75) is 18.2 Å². The van der Waals surface area contributed by atoms with E-state index in [0.29, 0.717) is 46.9 Å². The number of likely N-dealkylation sites (N-methyl/N-ethyl adjacent to an activating group) is 1. The van der Waals surface area contributed by atoms with Gasteiger partial charge in [-0.05, 0) is 68.2 Å². The van der Waals surface area contributed by atoms with Crippen LogP contribution in [0, 0.1) is 18.8 Å². The van der Waals surface area contributed by atoms with Gasteiger partial charge in [0, 0.05) is 54.2 Å². The van der Waals surface area contributed by atoms with Crippen molar-refractivity contribution in [1.29, 1.82) is 0 Å². The van der Waals surface area contributed by atoms with Gasteiger partial charge >= 0.3 is 0 Å². The molecule has 0 aliphatic heterocycles. The van der Waals surface area contributed by atoms with Crippen LogP contribution >= 0.6 is 0 Å². The molecule has 0 saturated carbocycles. The first-order chi connectivity index (χ1) is 20.7. The Hall–Kier alpha value is -4.76. The molecule has 4 rings (SSSR count). The van der Waals surface area contributed by atoms with E-state index in [2.05, 4.69) is 32.0 Å². The van der Waals surface area contributed by atoms with Crippen LogP contribution in [0.5, 0.6) is 0 Å². The molecule has 1 atom stereocenters. The molecule has 1 unspecified atom stereocenters. The Morgan fingerprint density at radius 2 is 1.77 bits per heavy atom. The van der Waals surface area contributed by atoms with Crippen molar-refractivity contribution < 1.29 is 18.9 Å². The highest BCUT2D eigenvalue weighted by atomic mass is 32.2. The van der Waals surface area contributed by atoms with E-state index in [1.54, 1.807) is 67.0 Å². The van der Waals surface area contributed by atoms with Crippen LogP contribution in [0.15, 0.2) is 84.0 Å². The molecule has 11 heteroatoms. The lowest BCUT2D eigenvalue weighted by Crippen LogP contribution is -2.33. The number of hydrogen-bond acceptors (Lipinski definition) is 7. The van der Waals surface area contributed by atoms with Gasteiger partial charge in [0.1, 0.15) is 5.69 Å². The minimum atomic E-state index is -3.05. The Morgan fingerprint density at radius 3 is 2.49 bits per heavy atom. The summed E-state index contributed by atoms with van der Waals surface area (Å²) in [6.45, 7) is 2.92. The highest BCUT2D eigenvalue weighted by Crippen LogP contribution is 2.14. The highest BCUT2D eigenvalue weighted by molar-refractivity contribution is 8.00. The fraction of sp³-hybridized carbons (Fsp3) is 0.219. The SMILES string of the molecule is Cc1cc(C(=O)Nc2cccc(C#Cc3cncc(C(=O)NS(=O)(=CCCN(C)CCO)c4ccccc4)c3)c2)n(C)n1. The zero-order chi connectivity index (χ0) is 30.8. The van der Waals surface area contributed by atoms with Gasteiger partial charge in [-0.25, -0.2) is 4.21 Å². The van der Waals surface area contributed by atoms with E-state index >= 15 is 0 Å². The largest absolute Gasteiger partial charge is 0.395 e. The van der Waals surface area contributed by atoms with Crippen LogP contribution < -0.4 is 10.0 Å². The van der Waals surface area contributed by atoms with Crippen molar-refractivity contribution in [3.8, 4) is 11.8 Å². The predicted molar refractivity (Wildman–Crippen MR) is 168 cm³/mol. The summed E-state index contributed by atoms with van der Waals surface area (Å²) in [6, 6.07) is 19.2. The molecule has 2 amide bonds. The quantitative estimate of drug-likeness (QED) is 0.189. The number of nitrogens with zero attached hydrogens (tertiary/aromatic N) is 4. The maximum absolute atomic E-state index is 14.0. The second-order valence-electron chi connectivity index (χ2n) is 9.87. The standard InChI is InChI=1S/C32H34N6O4S/c1-24-19-30(38(3)35-24)32(41)34-28-10-7-9-25(21-28)13-14-26-20-27(23-33-22-26)31(40)36-43(42,29-11-5-4-6-12-29)18-8-15-37(2)16-17-39/h4-7,9-12,18-23,39H,8,15-17H2,1-3H3,(H,34,41)(H,36,40,42). The number of amides is 2. The Bertz CT molecular complexity index is 1780. The van der Waals surface area contributed by atoms with Crippen LogP contribution in [0.1, 0.15) is 44.1 Å². The summed E-state index contributed by atoms with van der Waals surface area (Å²) in [6.07, 6.45) is 3.38. The molecule has 0 aliphatic carbocycles. The molecule has 2 aromatic heterocycles. The van der Waals surface area contributed by atoms with Gasteiger partial charge in [-0.2, -0.15) is 5.10 Å². The second-order valence-corrected chi connectivity index (χ2v) is 12.1. The summed E-state index contributed by atoms with van der Waals surface area (Å²) >= 11 is 0. The van der Waals surface area contributed by atoms with Crippen molar-refractivity contribution >= 4 is 32.6 Å². The number of aromatic nitrogens is 3. The Morgan fingerprint density at radius 1 is 1.00 bits per heavy atom. The van der Waals surface area contributed by atoms with Crippen molar-refractivity contribution in [3.63, 3.8) is 0 Å². The number of carbonyl (C=O) groups excluding carboxylic acids is 2. The summed E-state index contributed by atoms with van der Waals surface area (Å²) in [5.41, 5.74) is 3.14. The third kappa shape index (κ3) is 8.62. The summed E-state index contributed by atoms with van der Waals surface area (Å²) in [7, 11) is 0.527. The van der Waals surface area contributed by atoms with Gasteiger partial charge in [-0.15, -0.1) is 0 Å². The molecule has 0 saturated heterocycles. The number of aliphatic hydroxyl groups is 1. The van der Waals surface area contributed by atoms with Gasteiger partial charge in [0.2, 0.25) is 0 Å². The van der Waals surface area contributed by atoms with Crippen molar-refractivity contribution in [1.82, 2.24) is 24.4 Å². The first kappa shape index (κ1) is 31.2. The lowest BCUT2D eigenvalue weighted by molar-refractivity contribution is 0.0980. The molecule has 4 aromatic rings. The van der Waals surface area contributed by atoms with E-state index in [1.807, 2.05) is 31.0 Å².